The number of rotatable bonds is 8. The van der Waals surface area contributed by atoms with Crippen LogP contribution in [0.2, 0.25) is 0 Å². The van der Waals surface area contributed by atoms with Crippen LogP contribution in [-0.4, -0.2) is 28.0 Å². The second-order valence-corrected chi connectivity index (χ2v) is 7.16. The Morgan fingerprint density at radius 3 is 2.79 bits per heavy atom. The minimum absolute atomic E-state index is 0.0231. The van der Waals surface area contributed by atoms with Crippen LogP contribution in [0.25, 0.3) is 21.3 Å². The number of nitrogens with one attached hydrogen (secondary N) is 1. The van der Waals surface area contributed by atoms with Crippen LogP contribution in [0.5, 0.6) is 5.75 Å². The molecule has 0 radical (unpaired) electrons. The molecule has 146 valence electrons. The summed E-state index contributed by atoms with van der Waals surface area (Å²) in [5, 5.41) is 17.3. The van der Waals surface area contributed by atoms with Gasteiger partial charge in [0.2, 0.25) is 0 Å². The lowest BCUT2D eigenvalue weighted by atomic mass is 10.1. The lowest BCUT2D eigenvalue weighted by molar-refractivity contribution is -0.384. The largest absolute Gasteiger partial charge is 0.493 e. The smallest absolute Gasteiger partial charge is 0.273 e. The number of aromatic nitrogens is 2. The van der Waals surface area contributed by atoms with Crippen molar-refractivity contribution < 1.29 is 9.66 Å². The minimum atomic E-state index is -0.431. The van der Waals surface area contributed by atoms with Gasteiger partial charge in [-0.1, -0.05) is 36.4 Å². The number of nitro groups is 1. The first-order valence-electron chi connectivity index (χ1n) is 9.11. The summed E-state index contributed by atoms with van der Waals surface area (Å²) in [6.07, 6.45) is 2.29. The molecule has 0 fully saturated rings. The van der Waals surface area contributed by atoms with Crippen molar-refractivity contribution >= 4 is 33.1 Å². The molecule has 4 rings (SSSR count). The maximum Gasteiger partial charge on any atom is 0.273 e. The van der Waals surface area contributed by atoms with Gasteiger partial charge in [0.1, 0.15) is 22.7 Å². The lowest BCUT2D eigenvalue weighted by Crippen LogP contribution is -2.08. The van der Waals surface area contributed by atoms with E-state index >= 15 is 0 Å². The molecule has 0 amide bonds. The summed E-state index contributed by atoms with van der Waals surface area (Å²) in [5.74, 6) is 1.29. The van der Waals surface area contributed by atoms with E-state index in [0.717, 1.165) is 33.6 Å². The highest BCUT2D eigenvalue weighted by Crippen LogP contribution is 2.36. The Morgan fingerprint density at radius 1 is 1.10 bits per heavy atom. The van der Waals surface area contributed by atoms with Crippen LogP contribution >= 0.6 is 11.3 Å². The molecule has 0 aliphatic heterocycles. The van der Waals surface area contributed by atoms with Gasteiger partial charge in [0.25, 0.3) is 5.69 Å². The van der Waals surface area contributed by atoms with Gasteiger partial charge in [-0.2, -0.15) is 0 Å². The van der Waals surface area contributed by atoms with Gasteiger partial charge < -0.3 is 10.1 Å². The summed E-state index contributed by atoms with van der Waals surface area (Å²) in [5.41, 5.74) is 2.27. The molecule has 0 aliphatic rings. The summed E-state index contributed by atoms with van der Waals surface area (Å²) in [6.45, 7) is 1.10. The summed E-state index contributed by atoms with van der Waals surface area (Å²) < 4.78 is 5.63. The number of nitrogens with zero attached hydrogens (tertiary/aromatic N) is 3. The highest BCUT2D eigenvalue weighted by Gasteiger charge is 2.12. The van der Waals surface area contributed by atoms with Crippen LogP contribution in [0.3, 0.4) is 0 Å². The van der Waals surface area contributed by atoms with Gasteiger partial charge in [0.15, 0.2) is 0 Å². The highest BCUT2D eigenvalue weighted by atomic mass is 32.1. The van der Waals surface area contributed by atoms with E-state index in [1.807, 2.05) is 18.2 Å². The topological polar surface area (TPSA) is 90.2 Å². The van der Waals surface area contributed by atoms with E-state index in [9.17, 15) is 10.1 Å². The number of hydrogen-bond acceptors (Lipinski definition) is 7. The Bertz CT molecular complexity index is 1130. The molecule has 1 N–H and O–H groups in total. The first-order chi connectivity index (χ1) is 14.2. The van der Waals surface area contributed by atoms with E-state index in [0.29, 0.717) is 18.9 Å². The second-order valence-electron chi connectivity index (χ2n) is 6.30. The van der Waals surface area contributed by atoms with E-state index in [-0.39, 0.29) is 5.69 Å². The van der Waals surface area contributed by atoms with Crippen molar-refractivity contribution in [2.24, 2.45) is 0 Å². The van der Waals surface area contributed by atoms with Crippen molar-refractivity contribution in [1.29, 1.82) is 0 Å². The van der Waals surface area contributed by atoms with Gasteiger partial charge in [-0.05, 0) is 18.1 Å². The van der Waals surface area contributed by atoms with Crippen LogP contribution < -0.4 is 10.1 Å². The maximum absolute atomic E-state index is 10.8. The molecule has 0 aliphatic carbocycles. The Labute approximate surface area is 171 Å². The SMILES string of the molecule is O=[N+]([O-])c1cccc(OCCCNc2ncnc3scc(-c4ccccc4)c23)c1. The molecule has 0 atom stereocenters. The van der Waals surface area contributed by atoms with Gasteiger partial charge in [-0.15, -0.1) is 11.3 Å². The fourth-order valence-corrected chi connectivity index (χ4v) is 3.91. The maximum atomic E-state index is 10.8. The number of benzene rings is 2. The highest BCUT2D eigenvalue weighted by molar-refractivity contribution is 7.17. The summed E-state index contributed by atoms with van der Waals surface area (Å²) >= 11 is 1.60. The van der Waals surface area contributed by atoms with Gasteiger partial charge in [-0.3, -0.25) is 10.1 Å². The first kappa shape index (κ1) is 18.8. The number of hydrogen-bond donors (Lipinski definition) is 1. The third-order valence-electron chi connectivity index (χ3n) is 4.37. The zero-order valence-electron chi connectivity index (χ0n) is 15.4. The molecule has 0 spiro atoms. The van der Waals surface area contributed by atoms with E-state index in [4.69, 9.17) is 4.74 Å². The standard InChI is InChI=1S/C21H18N4O3S/c26-25(27)16-8-4-9-17(12-16)28-11-5-10-22-20-19-18(15-6-2-1-3-7-15)13-29-21(19)24-14-23-20/h1-4,6-9,12-14H,5,10-11H2,(H,22,23,24). The van der Waals surface area contributed by atoms with Crippen molar-refractivity contribution in [2.45, 2.75) is 6.42 Å². The molecule has 2 heterocycles. The van der Waals surface area contributed by atoms with Crippen molar-refractivity contribution in [1.82, 2.24) is 9.97 Å². The zero-order chi connectivity index (χ0) is 20.1. The zero-order valence-corrected chi connectivity index (χ0v) is 16.3. The number of ether oxygens (including phenoxy) is 1. The number of non-ortho nitro benzene ring substituents is 1. The Hall–Kier alpha value is -3.52. The van der Waals surface area contributed by atoms with Crippen LogP contribution in [0, 0.1) is 10.1 Å². The van der Waals surface area contributed by atoms with Crippen molar-refractivity contribution in [3.05, 3.63) is 76.4 Å². The van der Waals surface area contributed by atoms with E-state index in [2.05, 4.69) is 32.8 Å². The monoisotopic (exact) mass is 406 g/mol. The van der Waals surface area contributed by atoms with E-state index in [1.54, 1.807) is 29.8 Å². The first-order valence-corrected chi connectivity index (χ1v) is 9.99. The van der Waals surface area contributed by atoms with Crippen molar-refractivity contribution in [3.8, 4) is 16.9 Å². The van der Waals surface area contributed by atoms with Crippen LogP contribution in [0.4, 0.5) is 11.5 Å². The number of anilines is 1. The Morgan fingerprint density at radius 2 is 1.97 bits per heavy atom. The third kappa shape index (κ3) is 4.33. The predicted octanol–water partition coefficient (Wildman–Crippen LogP) is 5.15. The predicted molar refractivity (Wildman–Crippen MR) is 115 cm³/mol. The average molecular weight is 406 g/mol. The van der Waals surface area contributed by atoms with Crippen LogP contribution in [0.1, 0.15) is 6.42 Å². The van der Waals surface area contributed by atoms with Crippen LogP contribution in [-0.2, 0) is 0 Å². The second kappa shape index (κ2) is 8.66. The summed E-state index contributed by atoms with van der Waals surface area (Å²) in [4.78, 5) is 20.1. The normalized spacial score (nSPS) is 10.8. The molecule has 8 heteroatoms. The summed E-state index contributed by atoms with van der Waals surface area (Å²) in [7, 11) is 0. The molecular formula is C21H18N4O3S. The fourth-order valence-electron chi connectivity index (χ4n) is 3.00. The molecule has 0 saturated heterocycles. The molecule has 0 unspecified atom stereocenters. The fraction of sp³-hybridized carbons (Fsp3) is 0.143. The van der Waals surface area contributed by atoms with Crippen LogP contribution in [0.15, 0.2) is 66.3 Å². The summed E-state index contributed by atoms with van der Waals surface area (Å²) in [6, 6.07) is 16.4. The molecule has 29 heavy (non-hydrogen) atoms. The average Bonchev–Trinajstić information content (AvgIpc) is 3.19. The number of fused-ring (bicyclic) bond motifs is 1. The van der Waals surface area contributed by atoms with E-state index in [1.165, 1.54) is 12.1 Å². The van der Waals surface area contributed by atoms with Gasteiger partial charge in [0.05, 0.1) is 23.0 Å². The molecule has 4 aromatic rings. The Balaban J connectivity index is 1.40. The third-order valence-corrected chi connectivity index (χ3v) is 5.25. The molecule has 0 saturated carbocycles. The van der Waals surface area contributed by atoms with Gasteiger partial charge >= 0.3 is 0 Å². The van der Waals surface area contributed by atoms with Gasteiger partial charge in [-0.25, -0.2) is 9.97 Å². The quantitative estimate of drug-likeness (QED) is 0.247. The molecule has 2 aromatic carbocycles. The molecular weight excluding hydrogens is 388 g/mol. The van der Waals surface area contributed by atoms with Crippen molar-refractivity contribution in [3.63, 3.8) is 0 Å². The Kier molecular flexibility index (Phi) is 5.62. The lowest BCUT2D eigenvalue weighted by Gasteiger charge is -2.09. The molecule has 0 bridgehead atoms. The van der Waals surface area contributed by atoms with E-state index < -0.39 is 4.92 Å². The minimum Gasteiger partial charge on any atom is -0.493 e. The number of nitro benzene ring substituents is 1. The molecule has 2 aromatic heterocycles. The number of thiophene rings is 1. The van der Waals surface area contributed by atoms with Gasteiger partial charge in [0, 0.05) is 23.6 Å². The molecule has 7 nitrogen and oxygen atoms in total. The van der Waals surface area contributed by atoms with Crippen molar-refractivity contribution in [2.75, 3.05) is 18.5 Å².